The van der Waals surface area contributed by atoms with Gasteiger partial charge in [0.25, 0.3) is 0 Å². The highest BCUT2D eigenvalue weighted by Gasteiger charge is 2.35. The minimum atomic E-state index is -4.03. The van der Waals surface area contributed by atoms with Crippen LogP contribution in [0.5, 0.6) is 0 Å². The molecule has 9 nitrogen and oxygen atoms in total. The molecule has 0 spiro atoms. The Kier molecular flexibility index (Phi) is 4.82. The van der Waals surface area contributed by atoms with Gasteiger partial charge in [0.2, 0.25) is 0 Å². The molecule has 1 aliphatic carbocycles. The number of nitrogens with two attached hydrogens (primary N) is 1. The van der Waals surface area contributed by atoms with Crippen molar-refractivity contribution in [2.75, 3.05) is 6.61 Å². The second-order valence-corrected chi connectivity index (χ2v) is 9.41. The predicted octanol–water partition coefficient (Wildman–Crippen LogP) is 2.42. The summed E-state index contributed by atoms with van der Waals surface area (Å²) < 4.78 is 28.9. The molecule has 3 aromatic heterocycles. The van der Waals surface area contributed by atoms with E-state index in [-0.39, 0.29) is 18.6 Å². The molecule has 0 aliphatic heterocycles. The van der Waals surface area contributed by atoms with Gasteiger partial charge in [0.05, 0.1) is 24.1 Å². The normalized spacial score (nSPS) is 22.0. The molecule has 10 heteroatoms. The molecule has 1 saturated carbocycles. The number of fused-ring (bicyclic) bond motifs is 2. The molecule has 4 aromatic rings. The number of benzene rings is 1. The first kappa shape index (κ1) is 20.1. The first-order valence-electron chi connectivity index (χ1n) is 10.0. The molecule has 1 aliphatic rings. The van der Waals surface area contributed by atoms with E-state index in [9.17, 15) is 13.5 Å². The molecule has 31 heavy (non-hydrogen) atoms. The maximum absolute atomic E-state index is 11.1. The summed E-state index contributed by atoms with van der Waals surface area (Å²) in [5.74, 6) is -0.320. The average molecular weight is 442 g/mol. The lowest BCUT2D eigenvalue weighted by Gasteiger charge is -2.14. The van der Waals surface area contributed by atoms with Crippen molar-refractivity contribution in [2.45, 2.75) is 31.9 Å². The fraction of sp³-hybridized carbons (Fsp3) is 0.333. The molecule has 162 valence electrons. The molecular formula is C21H23N5O4S. The molecule has 0 unspecified atom stereocenters. The van der Waals surface area contributed by atoms with Crippen LogP contribution in [0.4, 0.5) is 0 Å². The van der Waals surface area contributed by atoms with Crippen LogP contribution in [0.1, 0.15) is 24.4 Å². The number of aliphatic hydroxyl groups is 1. The number of nitrogens with zero attached hydrogens (tertiary/aromatic N) is 3. The van der Waals surface area contributed by atoms with Crippen LogP contribution in [0.25, 0.3) is 33.3 Å². The van der Waals surface area contributed by atoms with Crippen LogP contribution in [0.15, 0.2) is 42.9 Å². The molecule has 0 saturated heterocycles. The quantitative estimate of drug-likeness (QED) is 0.435. The van der Waals surface area contributed by atoms with Gasteiger partial charge in [-0.3, -0.25) is 4.18 Å². The third-order valence-corrected chi connectivity index (χ3v) is 6.48. The van der Waals surface area contributed by atoms with E-state index in [0.717, 1.165) is 33.3 Å². The number of aliphatic hydroxyl groups excluding tert-OH is 1. The van der Waals surface area contributed by atoms with Crippen LogP contribution in [-0.4, -0.2) is 45.8 Å². The van der Waals surface area contributed by atoms with Crippen molar-refractivity contribution in [1.82, 2.24) is 19.5 Å². The largest absolute Gasteiger partial charge is 0.393 e. The van der Waals surface area contributed by atoms with Crippen molar-refractivity contribution < 1.29 is 17.7 Å². The molecule has 0 amide bonds. The van der Waals surface area contributed by atoms with Gasteiger partial charge in [0, 0.05) is 34.4 Å². The summed E-state index contributed by atoms with van der Waals surface area (Å²) in [6.45, 7) is 1.92. The number of rotatable bonds is 5. The van der Waals surface area contributed by atoms with Gasteiger partial charge < -0.3 is 14.7 Å². The maximum atomic E-state index is 11.1. The van der Waals surface area contributed by atoms with Crippen molar-refractivity contribution in [2.24, 2.45) is 11.1 Å². The molecule has 3 heterocycles. The predicted molar refractivity (Wildman–Crippen MR) is 116 cm³/mol. The van der Waals surface area contributed by atoms with Crippen LogP contribution < -0.4 is 5.14 Å². The van der Waals surface area contributed by atoms with Crippen LogP contribution in [0.2, 0.25) is 0 Å². The second-order valence-electron chi connectivity index (χ2n) is 8.19. The summed E-state index contributed by atoms with van der Waals surface area (Å²) in [5, 5.41) is 17.3. The lowest BCUT2D eigenvalue weighted by Crippen LogP contribution is -2.24. The van der Waals surface area contributed by atoms with E-state index < -0.39 is 16.4 Å². The molecule has 1 fully saturated rings. The zero-order valence-corrected chi connectivity index (χ0v) is 17.7. The van der Waals surface area contributed by atoms with Crippen LogP contribution in [-0.2, 0) is 14.5 Å². The lowest BCUT2D eigenvalue weighted by atomic mass is 10.1. The molecule has 1 aromatic carbocycles. The lowest BCUT2D eigenvalue weighted by molar-refractivity contribution is 0.100. The Morgan fingerprint density at radius 3 is 2.90 bits per heavy atom. The highest BCUT2D eigenvalue weighted by atomic mass is 32.2. The van der Waals surface area contributed by atoms with Crippen molar-refractivity contribution in [3.8, 4) is 11.4 Å². The van der Waals surface area contributed by atoms with Crippen molar-refractivity contribution in [1.29, 1.82) is 0 Å². The molecule has 4 N–H and O–H groups in total. The number of aromatic amines is 1. The van der Waals surface area contributed by atoms with Gasteiger partial charge in [-0.15, -0.1) is 0 Å². The van der Waals surface area contributed by atoms with E-state index in [2.05, 4.69) is 46.1 Å². The summed E-state index contributed by atoms with van der Waals surface area (Å²) in [7, 11) is -4.03. The monoisotopic (exact) mass is 441 g/mol. The third-order valence-electron chi connectivity index (χ3n) is 6.01. The SMILES string of the molecule is Cc1ccc2cc(-c3ncnc4c3ccn4[C@@H]3C[C@@H](COS(N)(=O)=O)[C@@H](O)C3)[nH]c2c1. The Bertz CT molecular complexity index is 1380. The Hall–Kier alpha value is -2.79. The van der Waals surface area contributed by atoms with E-state index in [4.69, 9.17) is 9.32 Å². The van der Waals surface area contributed by atoms with Crippen LogP contribution in [0.3, 0.4) is 0 Å². The number of nitrogens with one attached hydrogen (secondary N) is 1. The summed E-state index contributed by atoms with van der Waals surface area (Å²) >= 11 is 0. The van der Waals surface area contributed by atoms with Gasteiger partial charge in [-0.2, -0.15) is 8.42 Å². The van der Waals surface area contributed by atoms with Crippen LogP contribution >= 0.6 is 0 Å². The summed E-state index contributed by atoms with van der Waals surface area (Å²) in [6.07, 6.45) is 3.84. The number of H-pyrrole nitrogens is 1. The maximum Gasteiger partial charge on any atom is 0.333 e. The Balaban J connectivity index is 1.47. The summed E-state index contributed by atoms with van der Waals surface area (Å²) in [4.78, 5) is 12.4. The zero-order chi connectivity index (χ0) is 21.8. The number of aromatic nitrogens is 4. The Labute approximate surface area is 179 Å². The van der Waals surface area contributed by atoms with Gasteiger partial charge in [-0.25, -0.2) is 15.1 Å². The zero-order valence-electron chi connectivity index (χ0n) is 16.9. The topological polar surface area (TPSA) is 136 Å². The van der Waals surface area contributed by atoms with E-state index in [1.165, 1.54) is 11.9 Å². The Morgan fingerprint density at radius 1 is 1.26 bits per heavy atom. The van der Waals surface area contributed by atoms with Crippen molar-refractivity contribution in [3.05, 3.63) is 48.4 Å². The summed E-state index contributed by atoms with van der Waals surface area (Å²) in [6, 6.07) is 10.3. The second kappa shape index (κ2) is 7.41. The molecule has 0 radical (unpaired) electrons. The summed E-state index contributed by atoms with van der Waals surface area (Å²) in [5.41, 5.74) is 4.73. The molecular weight excluding hydrogens is 418 g/mol. The van der Waals surface area contributed by atoms with Gasteiger partial charge in [-0.05, 0) is 43.5 Å². The molecule has 5 rings (SSSR count). The molecule has 3 atom stereocenters. The van der Waals surface area contributed by atoms with E-state index in [0.29, 0.717) is 12.8 Å². The van der Waals surface area contributed by atoms with Crippen molar-refractivity contribution in [3.63, 3.8) is 0 Å². The number of hydrogen-bond acceptors (Lipinski definition) is 6. The van der Waals surface area contributed by atoms with Gasteiger partial charge >= 0.3 is 10.3 Å². The highest BCUT2D eigenvalue weighted by Crippen LogP contribution is 2.38. The number of aryl methyl sites for hydroxylation is 1. The van der Waals surface area contributed by atoms with Crippen molar-refractivity contribution >= 4 is 32.2 Å². The standard InChI is InChI=1S/C21H23N5O4S/c1-12-2-3-13-8-18(25-17(13)6-12)20-16-4-5-26(21(16)24-11-23-20)15-7-14(19(27)9-15)10-30-31(22,28)29/h2-6,8,11,14-15,19,25,27H,7,9-10H2,1H3,(H2,22,28,29)/t14-,15+,19-/m0/s1. The van der Waals surface area contributed by atoms with Gasteiger partial charge in [0.15, 0.2) is 0 Å². The molecule has 0 bridgehead atoms. The van der Waals surface area contributed by atoms with E-state index in [1.54, 1.807) is 0 Å². The van der Waals surface area contributed by atoms with E-state index >= 15 is 0 Å². The first-order chi connectivity index (χ1) is 14.8. The smallest absolute Gasteiger partial charge is 0.333 e. The highest BCUT2D eigenvalue weighted by molar-refractivity contribution is 7.84. The minimum absolute atomic E-state index is 0.0327. The van der Waals surface area contributed by atoms with E-state index in [1.807, 2.05) is 16.8 Å². The fourth-order valence-corrected chi connectivity index (χ4v) is 4.88. The number of hydrogen-bond donors (Lipinski definition) is 3. The Morgan fingerprint density at radius 2 is 2.10 bits per heavy atom. The average Bonchev–Trinajstić information content (AvgIpc) is 3.41. The first-order valence-corrected chi connectivity index (χ1v) is 11.5. The minimum Gasteiger partial charge on any atom is -0.393 e. The van der Waals surface area contributed by atoms with Gasteiger partial charge in [-0.1, -0.05) is 12.1 Å². The fourth-order valence-electron chi connectivity index (χ4n) is 4.51. The van der Waals surface area contributed by atoms with Gasteiger partial charge in [0.1, 0.15) is 12.0 Å². The third kappa shape index (κ3) is 3.83. The van der Waals surface area contributed by atoms with Crippen LogP contribution in [0, 0.1) is 12.8 Å².